The van der Waals surface area contributed by atoms with Gasteiger partial charge in [-0.25, -0.2) is 4.98 Å². The van der Waals surface area contributed by atoms with Crippen LogP contribution in [0.3, 0.4) is 0 Å². The average molecular weight is 349 g/mol. The van der Waals surface area contributed by atoms with Crippen LogP contribution >= 0.6 is 0 Å². The molecule has 5 heteroatoms. The third-order valence-electron chi connectivity index (χ3n) is 5.30. The summed E-state index contributed by atoms with van der Waals surface area (Å²) in [7, 11) is 0. The monoisotopic (exact) mass is 349 g/mol. The van der Waals surface area contributed by atoms with Crippen LogP contribution in [0.5, 0.6) is 0 Å². The third-order valence-corrected chi connectivity index (χ3v) is 5.30. The van der Waals surface area contributed by atoms with Crippen LogP contribution in [0.25, 0.3) is 10.8 Å². The average Bonchev–Trinajstić information content (AvgIpc) is 2.99. The summed E-state index contributed by atoms with van der Waals surface area (Å²) in [4.78, 5) is 23.4. The van der Waals surface area contributed by atoms with Gasteiger partial charge in [-0.2, -0.15) is 0 Å². The second-order valence-corrected chi connectivity index (χ2v) is 7.12. The highest BCUT2D eigenvalue weighted by atomic mass is 16.4. The van der Waals surface area contributed by atoms with Gasteiger partial charge >= 0.3 is 0 Å². The van der Waals surface area contributed by atoms with Gasteiger partial charge in [-0.15, -0.1) is 0 Å². The van der Waals surface area contributed by atoms with E-state index < -0.39 is 0 Å². The van der Waals surface area contributed by atoms with Crippen molar-refractivity contribution in [2.45, 2.75) is 39.5 Å². The number of amides is 1. The lowest BCUT2D eigenvalue weighted by Crippen LogP contribution is -2.38. The van der Waals surface area contributed by atoms with Gasteiger partial charge in [0, 0.05) is 43.2 Å². The molecule has 3 heterocycles. The van der Waals surface area contributed by atoms with Crippen molar-refractivity contribution >= 4 is 16.7 Å². The molecule has 0 atom stereocenters. The molecular weight excluding hydrogens is 326 g/mol. The minimum Gasteiger partial charge on any atom is -0.436 e. The number of benzene rings is 1. The highest BCUT2D eigenvalue weighted by Crippen LogP contribution is 2.30. The van der Waals surface area contributed by atoms with E-state index in [1.807, 2.05) is 18.0 Å². The molecule has 1 amide bonds. The first kappa shape index (κ1) is 16.8. The minimum absolute atomic E-state index is 0.0520. The lowest BCUT2D eigenvalue weighted by Gasteiger charge is -2.31. The Morgan fingerprint density at radius 3 is 2.65 bits per heavy atom. The van der Waals surface area contributed by atoms with Crippen LogP contribution in [0.15, 0.2) is 34.9 Å². The number of carbonyl (C=O) groups excluding carboxylic acids is 1. The number of nitrogens with zero attached hydrogens (tertiary/aromatic N) is 3. The zero-order valence-corrected chi connectivity index (χ0v) is 15.5. The summed E-state index contributed by atoms with van der Waals surface area (Å²) >= 11 is 0. The van der Waals surface area contributed by atoms with Crippen molar-refractivity contribution in [3.05, 3.63) is 59.1 Å². The maximum absolute atomic E-state index is 12.7. The number of hydrogen-bond donors (Lipinski definition) is 0. The molecule has 1 saturated heterocycles. The molecule has 1 aromatic carbocycles. The number of rotatable bonds is 2. The third kappa shape index (κ3) is 2.98. The summed E-state index contributed by atoms with van der Waals surface area (Å²) in [5.41, 5.74) is 3.07. The molecule has 0 radical (unpaired) electrons. The van der Waals surface area contributed by atoms with Gasteiger partial charge in [0.2, 0.25) is 5.76 Å². The first-order valence-electron chi connectivity index (χ1n) is 9.11. The minimum atomic E-state index is -0.0520. The molecule has 26 heavy (non-hydrogen) atoms. The first-order chi connectivity index (χ1) is 12.5. The van der Waals surface area contributed by atoms with Crippen molar-refractivity contribution in [3.8, 4) is 0 Å². The highest BCUT2D eigenvalue weighted by molar-refractivity contribution is 5.92. The molecule has 0 spiro atoms. The molecule has 5 nitrogen and oxygen atoms in total. The van der Waals surface area contributed by atoms with Gasteiger partial charge in [0.15, 0.2) is 5.89 Å². The quantitative estimate of drug-likeness (QED) is 0.697. The van der Waals surface area contributed by atoms with Crippen molar-refractivity contribution < 1.29 is 9.21 Å². The van der Waals surface area contributed by atoms with Crippen molar-refractivity contribution in [1.29, 1.82) is 0 Å². The number of pyridine rings is 1. The Morgan fingerprint density at radius 2 is 1.96 bits per heavy atom. The van der Waals surface area contributed by atoms with Gasteiger partial charge in [0.1, 0.15) is 0 Å². The summed E-state index contributed by atoms with van der Waals surface area (Å²) in [5.74, 6) is 1.25. The summed E-state index contributed by atoms with van der Waals surface area (Å²) in [6, 6.07) is 8.52. The van der Waals surface area contributed by atoms with E-state index >= 15 is 0 Å². The van der Waals surface area contributed by atoms with Gasteiger partial charge in [-0.05, 0) is 43.7 Å². The van der Waals surface area contributed by atoms with E-state index in [2.05, 4.69) is 41.2 Å². The van der Waals surface area contributed by atoms with Crippen molar-refractivity contribution in [1.82, 2.24) is 14.9 Å². The molecule has 1 fully saturated rings. The van der Waals surface area contributed by atoms with Gasteiger partial charge < -0.3 is 9.32 Å². The Morgan fingerprint density at radius 1 is 1.19 bits per heavy atom. The predicted octanol–water partition coefficient (Wildman–Crippen LogP) is 4.17. The summed E-state index contributed by atoms with van der Waals surface area (Å²) in [6.07, 6.45) is 3.81. The second kappa shape index (κ2) is 6.56. The topological polar surface area (TPSA) is 59.2 Å². The molecule has 0 aliphatic carbocycles. The molecular formula is C21H23N3O2. The molecule has 0 bridgehead atoms. The van der Waals surface area contributed by atoms with Gasteiger partial charge in [-0.1, -0.05) is 18.2 Å². The molecule has 1 aliphatic heterocycles. The molecule has 0 saturated carbocycles. The Kier molecular flexibility index (Phi) is 4.23. The van der Waals surface area contributed by atoms with E-state index in [9.17, 15) is 4.79 Å². The number of carbonyl (C=O) groups is 1. The van der Waals surface area contributed by atoms with Crippen LogP contribution in [-0.2, 0) is 0 Å². The van der Waals surface area contributed by atoms with E-state index in [1.54, 1.807) is 6.92 Å². The van der Waals surface area contributed by atoms with Gasteiger partial charge in [-0.3, -0.25) is 9.78 Å². The molecule has 4 rings (SSSR count). The number of hydrogen-bond acceptors (Lipinski definition) is 4. The Labute approximate surface area is 153 Å². The number of piperidine rings is 1. The molecule has 0 N–H and O–H groups in total. The van der Waals surface area contributed by atoms with E-state index in [0.29, 0.717) is 23.3 Å². The largest absolute Gasteiger partial charge is 0.436 e. The fourth-order valence-electron chi connectivity index (χ4n) is 3.82. The summed E-state index contributed by atoms with van der Waals surface area (Å²) in [5, 5.41) is 2.45. The zero-order valence-electron chi connectivity index (χ0n) is 15.5. The standard InChI is InChI=1S/C21H23N3O2/c1-13-5-4-6-17-12-22-19(11-18(13)17)16-7-9-24(10-8-16)21(25)20-14(2)23-15(3)26-20/h4-6,11-12,16H,7-10H2,1-3H3. The first-order valence-corrected chi connectivity index (χ1v) is 9.11. The fraction of sp³-hybridized carbons (Fsp3) is 0.381. The number of aromatic nitrogens is 2. The second-order valence-electron chi connectivity index (χ2n) is 7.12. The molecule has 2 aromatic heterocycles. The molecule has 134 valence electrons. The van der Waals surface area contributed by atoms with Crippen molar-refractivity contribution in [2.24, 2.45) is 0 Å². The Balaban J connectivity index is 1.49. The van der Waals surface area contributed by atoms with Crippen LogP contribution in [0, 0.1) is 20.8 Å². The van der Waals surface area contributed by atoms with Crippen LogP contribution in [0.1, 0.15) is 52.2 Å². The van der Waals surface area contributed by atoms with Crippen LogP contribution in [-0.4, -0.2) is 33.9 Å². The highest BCUT2D eigenvalue weighted by Gasteiger charge is 2.28. The van der Waals surface area contributed by atoms with E-state index in [0.717, 1.165) is 31.6 Å². The lowest BCUT2D eigenvalue weighted by molar-refractivity contribution is 0.0677. The summed E-state index contributed by atoms with van der Waals surface area (Å²) in [6.45, 7) is 7.16. The maximum Gasteiger partial charge on any atom is 0.291 e. The number of aryl methyl sites for hydroxylation is 3. The number of fused-ring (bicyclic) bond motifs is 1. The number of likely N-dealkylation sites (tertiary alicyclic amines) is 1. The fourth-order valence-corrected chi connectivity index (χ4v) is 3.82. The smallest absolute Gasteiger partial charge is 0.291 e. The Bertz CT molecular complexity index is 969. The van der Waals surface area contributed by atoms with Gasteiger partial charge in [0.25, 0.3) is 5.91 Å². The molecule has 1 aliphatic rings. The molecule has 0 unspecified atom stereocenters. The normalized spacial score (nSPS) is 15.6. The summed E-state index contributed by atoms with van der Waals surface area (Å²) < 4.78 is 5.49. The maximum atomic E-state index is 12.7. The Hall–Kier alpha value is -2.69. The zero-order chi connectivity index (χ0) is 18.3. The number of oxazole rings is 1. The van der Waals surface area contributed by atoms with Crippen LogP contribution in [0.4, 0.5) is 0 Å². The lowest BCUT2D eigenvalue weighted by atomic mass is 9.91. The van der Waals surface area contributed by atoms with Crippen LogP contribution in [0.2, 0.25) is 0 Å². The van der Waals surface area contributed by atoms with E-state index in [1.165, 1.54) is 16.3 Å². The van der Waals surface area contributed by atoms with Crippen LogP contribution < -0.4 is 0 Å². The molecule has 3 aromatic rings. The predicted molar refractivity (Wildman–Crippen MR) is 100 cm³/mol. The van der Waals surface area contributed by atoms with E-state index in [4.69, 9.17) is 4.42 Å². The van der Waals surface area contributed by atoms with Crippen molar-refractivity contribution in [2.75, 3.05) is 13.1 Å². The van der Waals surface area contributed by atoms with Gasteiger partial charge in [0.05, 0.1) is 5.69 Å². The van der Waals surface area contributed by atoms with E-state index in [-0.39, 0.29) is 5.91 Å². The SMILES string of the molecule is Cc1nc(C)c(C(=O)N2CCC(c3cc4c(C)cccc4cn3)CC2)o1. The van der Waals surface area contributed by atoms with Crippen molar-refractivity contribution in [3.63, 3.8) is 0 Å².